The zero-order chi connectivity index (χ0) is 10.3. The van der Waals surface area contributed by atoms with E-state index in [1.165, 1.54) is 0 Å². The molecule has 0 saturated carbocycles. The number of alkyl halides is 1. The summed E-state index contributed by atoms with van der Waals surface area (Å²) in [6, 6.07) is 0. The van der Waals surface area contributed by atoms with Crippen LogP contribution in [0.25, 0.3) is 0 Å². The number of anilines is 1. The highest BCUT2D eigenvalue weighted by molar-refractivity contribution is 9.09. The third-order valence-corrected chi connectivity index (χ3v) is 4.37. The van der Waals surface area contributed by atoms with Gasteiger partial charge in [-0.2, -0.15) is 0 Å². The molecule has 0 amide bonds. The molecule has 0 spiro atoms. The van der Waals surface area contributed by atoms with E-state index in [0.717, 1.165) is 18.9 Å². The van der Waals surface area contributed by atoms with Crippen molar-refractivity contribution >= 4 is 21.7 Å². The first-order chi connectivity index (χ1) is 6.50. The molecule has 0 radical (unpaired) electrons. The number of rotatable bonds is 1. The van der Waals surface area contributed by atoms with E-state index in [-0.39, 0.29) is 0 Å². The maximum Gasteiger partial charge on any atom is 0.147 e. The molecule has 14 heavy (non-hydrogen) atoms. The predicted octanol–water partition coefficient (Wildman–Crippen LogP) is 1.42. The lowest BCUT2D eigenvalue weighted by atomic mass is 9.93. The van der Waals surface area contributed by atoms with Gasteiger partial charge in [0.1, 0.15) is 5.82 Å². The van der Waals surface area contributed by atoms with Gasteiger partial charge in [-0.15, -0.1) is 5.10 Å². The Balaban J connectivity index is 2.21. The van der Waals surface area contributed by atoms with Gasteiger partial charge in [-0.3, -0.25) is 0 Å². The molecule has 0 aromatic carbocycles. The Morgan fingerprint density at radius 1 is 1.57 bits per heavy atom. The number of halogens is 1. The largest absolute Gasteiger partial charge is 0.354 e. The van der Waals surface area contributed by atoms with Gasteiger partial charge in [0.25, 0.3) is 0 Å². The first kappa shape index (κ1) is 9.96. The zero-order valence-electron chi connectivity index (χ0n) is 8.74. The molecular formula is C9H15BrN4. The SMILES string of the molecule is Cn1nncc1N1CC(Br)C(C)(C)C1. The Labute approximate surface area is 92.4 Å². The first-order valence-corrected chi connectivity index (χ1v) is 5.66. The van der Waals surface area contributed by atoms with Crippen LogP contribution in [0.15, 0.2) is 6.20 Å². The van der Waals surface area contributed by atoms with E-state index >= 15 is 0 Å². The highest BCUT2D eigenvalue weighted by Gasteiger charge is 2.38. The van der Waals surface area contributed by atoms with E-state index in [9.17, 15) is 0 Å². The second-order valence-corrected chi connectivity index (χ2v) is 5.66. The molecule has 1 aliphatic heterocycles. The van der Waals surface area contributed by atoms with Crippen molar-refractivity contribution in [2.45, 2.75) is 18.7 Å². The van der Waals surface area contributed by atoms with E-state index in [1.807, 2.05) is 17.9 Å². The summed E-state index contributed by atoms with van der Waals surface area (Å²) in [4.78, 5) is 2.85. The van der Waals surface area contributed by atoms with Gasteiger partial charge in [0, 0.05) is 25.0 Å². The Morgan fingerprint density at radius 2 is 2.29 bits per heavy atom. The summed E-state index contributed by atoms with van der Waals surface area (Å²) < 4.78 is 1.82. The number of hydrogen-bond donors (Lipinski definition) is 0. The topological polar surface area (TPSA) is 34.0 Å². The summed E-state index contributed by atoms with van der Waals surface area (Å²) in [6.45, 7) is 6.62. The standard InChI is InChI=1S/C9H15BrN4/c1-9(2)6-14(5-7(9)10)8-4-11-12-13(8)3/h4,7H,5-6H2,1-3H3. The van der Waals surface area contributed by atoms with Crippen molar-refractivity contribution in [3.8, 4) is 0 Å². The van der Waals surface area contributed by atoms with Gasteiger partial charge in [-0.1, -0.05) is 35.0 Å². The van der Waals surface area contributed by atoms with Crippen LogP contribution in [0, 0.1) is 5.41 Å². The van der Waals surface area contributed by atoms with Crippen LogP contribution in [-0.2, 0) is 7.05 Å². The fraction of sp³-hybridized carbons (Fsp3) is 0.778. The Bertz CT molecular complexity index is 333. The second-order valence-electron chi connectivity index (χ2n) is 4.55. The molecule has 0 bridgehead atoms. The molecule has 1 unspecified atom stereocenters. The third-order valence-electron chi connectivity index (χ3n) is 2.84. The van der Waals surface area contributed by atoms with Crippen LogP contribution in [0.4, 0.5) is 5.82 Å². The lowest BCUT2D eigenvalue weighted by molar-refractivity contribution is 0.434. The smallest absolute Gasteiger partial charge is 0.147 e. The number of hydrogen-bond acceptors (Lipinski definition) is 3. The summed E-state index contributed by atoms with van der Waals surface area (Å²) in [5.74, 6) is 1.10. The summed E-state index contributed by atoms with van der Waals surface area (Å²) >= 11 is 3.72. The summed E-state index contributed by atoms with van der Waals surface area (Å²) in [7, 11) is 1.93. The van der Waals surface area contributed by atoms with Gasteiger partial charge < -0.3 is 4.90 Å². The number of aryl methyl sites for hydroxylation is 1. The summed E-state index contributed by atoms with van der Waals surface area (Å²) in [6.07, 6.45) is 1.82. The lowest BCUT2D eigenvalue weighted by Gasteiger charge is -2.21. The van der Waals surface area contributed by atoms with Crippen LogP contribution < -0.4 is 4.90 Å². The lowest BCUT2D eigenvalue weighted by Crippen LogP contribution is -2.25. The molecule has 1 fully saturated rings. The van der Waals surface area contributed by atoms with Crippen LogP contribution in [0.5, 0.6) is 0 Å². The molecule has 4 nitrogen and oxygen atoms in total. The molecule has 1 aromatic rings. The van der Waals surface area contributed by atoms with E-state index in [4.69, 9.17) is 0 Å². The molecular weight excluding hydrogens is 244 g/mol. The van der Waals surface area contributed by atoms with Crippen molar-refractivity contribution in [1.29, 1.82) is 0 Å². The fourth-order valence-electron chi connectivity index (χ4n) is 1.84. The van der Waals surface area contributed by atoms with Gasteiger partial charge in [0.05, 0.1) is 6.20 Å². The first-order valence-electron chi connectivity index (χ1n) is 4.74. The van der Waals surface area contributed by atoms with Gasteiger partial charge in [0.2, 0.25) is 0 Å². The average Bonchev–Trinajstić information content (AvgIpc) is 2.58. The van der Waals surface area contributed by atoms with Gasteiger partial charge in [0.15, 0.2) is 0 Å². The summed E-state index contributed by atoms with van der Waals surface area (Å²) in [5.41, 5.74) is 0.310. The van der Waals surface area contributed by atoms with Crippen molar-refractivity contribution in [3.63, 3.8) is 0 Å². The Hall–Kier alpha value is -0.580. The van der Waals surface area contributed by atoms with E-state index in [1.54, 1.807) is 0 Å². The van der Waals surface area contributed by atoms with Crippen molar-refractivity contribution in [2.24, 2.45) is 12.5 Å². The Morgan fingerprint density at radius 3 is 2.71 bits per heavy atom. The quantitative estimate of drug-likeness (QED) is 0.715. The minimum atomic E-state index is 0.310. The molecule has 1 aliphatic rings. The fourth-order valence-corrected chi connectivity index (χ4v) is 2.34. The van der Waals surface area contributed by atoms with E-state index in [2.05, 4.69) is 45.0 Å². The minimum absolute atomic E-state index is 0.310. The molecule has 0 N–H and O–H groups in total. The van der Waals surface area contributed by atoms with Crippen LogP contribution in [0.3, 0.4) is 0 Å². The van der Waals surface area contributed by atoms with Crippen molar-refractivity contribution < 1.29 is 0 Å². The second kappa shape index (κ2) is 3.22. The molecule has 2 rings (SSSR count). The van der Waals surface area contributed by atoms with E-state index < -0.39 is 0 Å². The molecule has 1 aromatic heterocycles. The van der Waals surface area contributed by atoms with Crippen LogP contribution in [-0.4, -0.2) is 32.9 Å². The number of nitrogens with zero attached hydrogens (tertiary/aromatic N) is 4. The van der Waals surface area contributed by atoms with Gasteiger partial charge in [-0.05, 0) is 5.41 Å². The molecule has 1 atom stereocenters. The minimum Gasteiger partial charge on any atom is -0.354 e. The molecule has 78 valence electrons. The van der Waals surface area contributed by atoms with Crippen LogP contribution >= 0.6 is 15.9 Å². The van der Waals surface area contributed by atoms with Crippen molar-refractivity contribution in [3.05, 3.63) is 6.20 Å². The van der Waals surface area contributed by atoms with Crippen molar-refractivity contribution in [2.75, 3.05) is 18.0 Å². The maximum atomic E-state index is 3.94. The van der Waals surface area contributed by atoms with Crippen LogP contribution in [0.1, 0.15) is 13.8 Å². The monoisotopic (exact) mass is 258 g/mol. The third kappa shape index (κ3) is 1.54. The predicted molar refractivity (Wildman–Crippen MR) is 59.7 cm³/mol. The van der Waals surface area contributed by atoms with Gasteiger partial charge >= 0.3 is 0 Å². The molecule has 0 aliphatic carbocycles. The molecule has 2 heterocycles. The van der Waals surface area contributed by atoms with Gasteiger partial charge in [-0.25, -0.2) is 4.68 Å². The normalized spacial score (nSPS) is 25.7. The molecule has 5 heteroatoms. The highest BCUT2D eigenvalue weighted by Crippen LogP contribution is 2.36. The van der Waals surface area contributed by atoms with Crippen molar-refractivity contribution in [1.82, 2.24) is 15.0 Å². The average molecular weight is 259 g/mol. The highest BCUT2D eigenvalue weighted by atomic mass is 79.9. The zero-order valence-corrected chi connectivity index (χ0v) is 10.3. The van der Waals surface area contributed by atoms with Crippen LogP contribution in [0.2, 0.25) is 0 Å². The van der Waals surface area contributed by atoms with E-state index in [0.29, 0.717) is 10.2 Å². The number of aromatic nitrogens is 3. The Kier molecular flexibility index (Phi) is 2.29. The maximum absolute atomic E-state index is 3.94. The molecule has 1 saturated heterocycles. The summed E-state index contributed by atoms with van der Waals surface area (Å²) in [5, 5.41) is 7.84.